The first-order chi connectivity index (χ1) is 8.05. The molecule has 2 rings (SSSR count). The van der Waals surface area contributed by atoms with Gasteiger partial charge in [0.05, 0.1) is 0 Å². The van der Waals surface area contributed by atoms with Crippen LogP contribution >= 0.6 is 0 Å². The predicted octanol–water partition coefficient (Wildman–Crippen LogP) is 3.05. The summed E-state index contributed by atoms with van der Waals surface area (Å²) >= 11 is 0. The van der Waals surface area contributed by atoms with E-state index in [9.17, 15) is 0 Å². The van der Waals surface area contributed by atoms with Gasteiger partial charge in [-0.2, -0.15) is 0 Å². The molecule has 0 aromatic carbocycles. The van der Waals surface area contributed by atoms with Crippen LogP contribution in [-0.2, 0) is 0 Å². The second-order valence-electron chi connectivity index (χ2n) is 7.20. The van der Waals surface area contributed by atoms with Gasteiger partial charge in [-0.1, -0.05) is 39.5 Å². The SMILES string of the molecule is CC(C)(CCO)CN1CC2(CCCCCC2)C1. The molecule has 1 heterocycles. The monoisotopic (exact) mass is 239 g/mol. The average molecular weight is 239 g/mol. The van der Waals surface area contributed by atoms with Crippen molar-refractivity contribution in [2.24, 2.45) is 10.8 Å². The van der Waals surface area contributed by atoms with E-state index in [1.165, 1.54) is 51.6 Å². The zero-order valence-electron chi connectivity index (χ0n) is 11.7. The molecule has 0 atom stereocenters. The molecule has 0 aromatic heterocycles. The van der Waals surface area contributed by atoms with Crippen LogP contribution in [0.25, 0.3) is 0 Å². The van der Waals surface area contributed by atoms with Gasteiger partial charge in [0, 0.05) is 26.2 Å². The van der Waals surface area contributed by atoms with Gasteiger partial charge in [-0.25, -0.2) is 0 Å². The van der Waals surface area contributed by atoms with E-state index in [2.05, 4.69) is 18.7 Å². The van der Waals surface area contributed by atoms with Crippen LogP contribution in [0.4, 0.5) is 0 Å². The van der Waals surface area contributed by atoms with Crippen LogP contribution < -0.4 is 0 Å². The summed E-state index contributed by atoms with van der Waals surface area (Å²) < 4.78 is 0. The first-order valence-electron chi connectivity index (χ1n) is 7.39. The Balaban J connectivity index is 1.77. The highest BCUT2D eigenvalue weighted by Gasteiger charge is 2.43. The molecule has 0 radical (unpaired) electrons. The van der Waals surface area contributed by atoms with Crippen LogP contribution in [0.5, 0.6) is 0 Å². The van der Waals surface area contributed by atoms with Gasteiger partial charge in [0.25, 0.3) is 0 Å². The Morgan fingerprint density at radius 1 is 1.06 bits per heavy atom. The molecular weight excluding hydrogens is 210 g/mol. The van der Waals surface area contributed by atoms with Crippen LogP contribution in [0.2, 0.25) is 0 Å². The number of aliphatic hydroxyl groups excluding tert-OH is 1. The summed E-state index contributed by atoms with van der Waals surface area (Å²) in [5, 5.41) is 9.07. The van der Waals surface area contributed by atoms with Crippen molar-refractivity contribution >= 4 is 0 Å². The fourth-order valence-corrected chi connectivity index (χ4v) is 3.80. The lowest BCUT2D eigenvalue weighted by atomic mass is 9.72. The average Bonchev–Trinajstić information content (AvgIpc) is 2.42. The first-order valence-corrected chi connectivity index (χ1v) is 7.39. The third-order valence-corrected chi connectivity index (χ3v) is 4.72. The summed E-state index contributed by atoms with van der Waals surface area (Å²) in [5.41, 5.74) is 0.965. The van der Waals surface area contributed by atoms with E-state index in [0.29, 0.717) is 12.0 Å². The predicted molar refractivity (Wildman–Crippen MR) is 72.1 cm³/mol. The standard InChI is InChI=1S/C15H29NO/c1-14(2,9-10-17)11-16-12-15(13-16)7-5-3-4-6-8-15/h17H,3-13H2,1-2H3. The van der Waals surface area contributed by atoms with Gasteiger partial charge in [-0.3, -0.25) is 0 Å². The van der Waals surface area contributed by atoms with Gasteiger partial charge < -0.3 is 10.0 Å². The minimum atomic E-state index is 0.279. The van der Waals surface area contributed by atoms with Crippen molar-refractivity contribution in [1.82, 2.24) is 4.90 Å². The number of nitrogens with zero attached hydrogens (tertiary/aromatic N) is 1. The van der Waals surface area contributed by atoms with Crippen molar-refractivity contribution in [2.75, 3.05) is 26.2 Å². The summed E-state index contributed by atoms with van der Waals surface area (Å²) in [6.07, 6.45) is 9.67. The van der Waals surface area contributed by atoms with E-state index in [4.69, 9.17) is 5.11 Å². The molecule has 0 unspecified atom stereocenters. The molecule has 1 saturated heterocycles. The maximum absolute atomic E-state index is 9.07. The Morgan fingerprint density at radius 2 is 1.65 bits per heavy atom. The smallest absolute Gasteiger partial charge is 0.0436 e. The maximum atomic E-state index is 9.07. The van der Waals surface area contributed by atoms with Crippen molar-refractivity contribution < 1.29 is 5.11 Å². The molecular formula is C15H29NO. The lowest BCUT2D eigenvalue weighted by molar-refractivity contribution is -0.0359. The van der Waals surface area contributed by atoms with E-state index in [1.54, 1.807) is 0 Å². The minimum Gasteiger partial charge on any atom is -0.396 e. The third-order valence-electron chi connectivity index (χ3n) is 4.72. The lowest BCUT2D eigenvalue weighted by Crippen LogP contribution is -2.58. The lowest BCUT2D eigenvalue weighted by Gasteiger charge is -2.52. The van der Waals surface area contributed by atoms with E-state index in [1.807, 2.05) is 0 Å². The van der Waals surface area contributed by atoms with Crippen LogP contribution in [0.1, 0.15) is 58.8 Å². The van der Waals surface area contributed by atoms with Crippen LogP contribution in [0.15, 0.2) is 0 Å². The molecule has 0 bridgehead atoms. The topological polar surface area (TPSA) is 23.5 Å². The van der Waals surface area contributed by atoms with Crippen molar-refractivity contribution in [1.29, 1.82) is 0 Å². The van der Waals surface area contributed by atoms with Crippen molar-refractivity contribution in [2.45, 2.75) is 58.8 Å². The third kappa shape index (κ3) is 3.45. The fourth-order valence-electron chi connectivity index (χ4n) is 3.80. The fraction of sp³-hybridized carbons (Fsp3) is 1.00. The van der Waals surface area contributed by atoms with Crippen molar-refractivity contribution in [3.8, 4) is 0 Å². The Kier molecular flexibility index (Phi) is 4.14. The van der Waals surface area contributed by atoms with E-state index in [0.717, 1.165) is 13.0 Å². The Labute approximate surface area is 106 Å². The van der Waals surface area contributed by atoms with Crippen LogP contribution in [0, 0.1) is 10.8 Å². The highest BCUT2D eigenvalue weighted by atomic mass is 16.3. The molecule has 2 fully saturated rings. The van der Waals surface area contributed by atoms with E-state index in [-0.39, 0.29) is 5.41 Å². The summed E-state index contributed by atoms with van der Waals surface area (Å²) in [6.45, 7) is 8.69. The van der Waals surface area contributed by atoms with Gasteiger partial charge in [0.2, 0.25) is 0 Å². The molecule has 0 aromatic rings. The molecule has 17 heavy (non-hydrogen) atoms. The number of aliphatic hydroxyl groups is 1. The Morgan fingerprint density at radius 3 is 2.18 bits per heavy atom. The van der Waals surface area contributed by atoms with Gasteiger partial charge in [0.1, 0.15) is 0 Å². The van der Waals surface area contributed by atoms with E-state index >= 15 is 0 Å². The highest BCUT2D eigenvalue weighted by molar-refractivity contribution is 4.97. The van der Waals surface area contributed by atoms with Gasteiger partial charge in [-0.05, 0) is 30.1 Å². The van der Waals surface area contributed by atoms with Gasteiger partial charge in [0.15, 0.2) is 0 Å². The largest absolute Gasteiger partial charge is 0.396 e. The number of rotatable bonds is 4. The van der Waals surface area contributed by atoms with Crippen LogP contribution in [0.3, 0.4) is 0 Å². The first kappa shape index (κ1) is 13.4. The molecule has 1 aliphatic heterocycles. The second kappa shape index (κ2) is 5.27. The van der Waals surface area contributed by atoms with Crippen molar-refractivity contribution in [3.05, 3.63) is 0 Å². The van der Waals surface area contributed by atoms with Gasteiger partial charge >= 0.3 is 0 Å². The normalized spacial score (nSPS) is 25.6. The quantitative estimate of drug-likeness (QED) is 0.815. The van der Waals surface area contributed by atoms with E-state index < -0.39 is 0 Å². The zero-order valence-corrected chi connectivity index (χ0v) is 11.7. The molecule has 2 heteroatoms. The molecule has 1 saturated carbocycles. The Bertz CT molecular complexity index is 233. The van der Waals surface area contributed by atoms with Crippen molar-refractivity contribution in [3.63, 3.8) is 0 Å². The summed E-state index contributed by atoms with van der Waals surface area (Å²) in [7, 11) is 0. The summed E-state index contributed by atoms with van der Waals surface area (Å²) in [5.74, 6) is 0. The number of hydrogen-bond donors (Lipinski definition) is 1. The summed E-state index contributed by atoms with van der Waals surface area (Å²) in [4.78, 5) is 2.61. The number of hydrogen-bond acceptors (Lipinski definition) is 2. The molecule has 0 amide bonds. The van der Waals surface area contributed by atoms with Crippen LogP contribution in [-0.4, -0.2) is 36.2 Å². The maximum Gasteiger partial charge on any atom is 0.0436 e. The molecule has 1 spiro atoms. The molecule has 1 N–H and O–H groups in total. The summed E-state index contributed by atoms with van der Waals surface area (Å²) in [6, 6.07) is 0. The highest BCUT2D eigenvalue weighted by Crippen LogP contribution is 2.43. The Hall–Kier alpha value is -0.0800. The molecule has 2 aliphatic rings. The molecule has 1 aliphatic carbocycles. The number of likely N-dealkylation sites (tertiary alicyclic amines) is 1. The minimum absolute atomic E-state index is 0.279. The molecule has 2 nitrogen and oxygen atoms in total. The zero-order chi connectivity index (χ0) is 12.4. The molecule has 100 valence electrons. The second-order valence-corrected chi connectivity index (χ2v) is 7.20. The van der Waals surface area contributed by atoms with Gasteiger partial charge in [-0.15, -0.1) is 0 Å².